The lowest BCUT2D eigenvalue weighted by atomic mass is 9.87. The summed E-state index contributed by atoms with van der Waals surface area (Å²) in [5, 5.41) is 27.2. The fourth-order valence-corrected chi connectivity index (χ4v) is 9.37. The molecule has 4 fully saturated rings. The molecule has 9 heterocycles. The van der Waals surface area contributed by atoms with Gasteiger partial charge in [-0.1, -0.05) is 7.43 Å². The first kappa shape index (κ1) is 36.9. The van der Waals surface area contributed by atoms with Crippen LogP contribution in [0.25, 0.3) is 33.8 Å². The van der Waals surface area contributed by atoms with Gasteiger partial charge in [-0.05, 0) is 91.8 Å². The normalized spacial score (nSPS) is 20.6. The number of aromatic amines is 2. The number of aryl methyl sites for hydroxylation is 2. The number of aliphatic hydroxyl groups is 2. The predicted octanol–water partition coefficient (Wildman–Crippen LogP) is 3.96. The fraction of sp³-hybridized carbons (Fsp3) is 0.432. The van der Waals surface area contributed by atoms with E-state index in [1.165, 1.54) is 11.6 Å². The van der Waals surface area contributed by atoms with Gasteiger partial charge in [-0.3, -0.25) is 14.6 Å². The summed E-state index contributed by atoms with van der Waals surface area (Å²) in [6.07, 6.45) is 14.5. The molecule has 2 amide bonds. The first-order chi connectivity index (χ1) is 27.6. The molecule has 0 radical (unpaired) electrons. The zero-order valence-corrected chi connectivity index (χ0v) is 31.5. The predicted molar refractivity (Wildman–Crippen MR) is 216 cm³/mol. The van der Waals surface area contributed by atoms with Crippen molar-refractivity contribution in [2.24, 2.45) is 0 Å². The van der Waals surface area contributed by atoms with E-state index in [1.807, 2.05) is 24.5 Å². The van der Waals surface area contributed by atoms with E-state index in [9.17, 15) is 19.1 Å². The minimum Gasteiger partial charge on any atom is -0.390 e. The number of aliphatic hydroxyl groups excluding tert-OH is 2. The number of carbonyl (C=O) groups is 2. The molecule has 7 N–H and O–H groups in total. The standard InChI is InChI=1S/C24H23N5O2.C16H14FN3O.C3H7NO.CH4/c30-15-11-29(12-15)20-4-2-14(10-26-20)18-7-17-13(9-25-18)1-3-16-21-19(27-22(16)17)8-24(5-6-24)28-23(21)31;17-12-5-10-8(7-18-12)1-2-9-13-11(19-14(9)10)6-16(3-4-16)20-15(13)21;5-3-1-4-2-3;/h2,4,7,9-10,15,27,30H,1,3,5-6,8,11-12H2,(H,28,31);5,7,19H,1-4,6H2,(H,20,21);3-5H,1-2H2;1H4. The number of H-pyrrole nitrogens is 2. The van der Waals surface area contributed by atoms with Crippen LogP contribution in [0.4, 0.5) is 10.2 Å². The summed E-state index contributed by atoms with van der Waals surface area (Å²) in [6.45, 7) is 2.86. The van der Waals surface area contributed by atoms with Gasteiger partial charge in [-0.15, -0.1) is 0 Å². The number of aromatic nitrogens is 5. The lowest BCUT2D eigenvalue weighted by Gasteiger charge is -2.36. The smallest absolute Gasteiger partial charge is 0.253 e. The number of nitrogens with zero attached hydrogens (tertiary/aromatic N) is 4. The fourth-order valence-electron chi connectivity index (χ4n) is 9.37. The Bertz CT molecular complexity index is 2470. The highest BCUT2D eigenvalue weighted by atomic mass is 19.1. The maximum atomic E-state index is 13.5. The molecule has 14 heteroatoms. The maximum absolute atomic E-state index is 13.5. The SMILES string of the molecule is C.O=C1NC2(CC2)Cc2[nH]c3c(c21)CCc1cnc(-c2ccc(N4CC(O)C4)nc2)cc1-3.O=C1NC2(CC2)Cc2[nH]c3c(c21)CCc1cnc(F)cc1-3.OC1CNC1. The summed E-state index contributed by atoms with van der Waals surface area (Å²) in [6, 6.07) is 7.63. The first-order valence-electron chi connectivity index (χ1n) is 20.2. The monoisotopic (exact) mass is 785 g/mol. The molecule has 0 bridgehead atoms. The molecular formula is C44H48FN9O4. The molecule has 0 unspecified atom stereocenters. The zero-order chi connectivity index (χ0) is 38.6. The van der Waals surface area contributed by atoms with Gasteiger partial charge >= 0.3 is 0 Å². The topological polar surface area (TPSA) is 184 Å². The van der Waals surface area contributed by atoms with Crippen LogP contribution in [0.15, 0.2) is 42.9 Å². The summed E-state index contributed by atoms with van der Waals surface area (Å²) in [4.78, 5) is 47.4. The largest absolute Gasteiger partial charge is 0.390 e. The summed E-state index contributed by atoms with van der Waals surface area (Å²) >= 11 is 0. The Morgan fingerprint density at radius 1 is 0.707 bits per heavy atom. The average molecular weight is 786 g/mol. The number of fused-ring (bicyclic) bond motifs is 10. The quantitative estimate of drug-likeness (QED) is 0.130. The number of anilines is 1. The Morgan fingerprint density at radius 3 is 1.74 bits per heavy atom. The molecule has 2 saturated carbocycles. The summed E-state index contributed by atoms with van der Waals surface area (Å²) in [5.74, 6) is 0.526. The summed E-state index contributed by atoms with van der Waals surface area (Å²) in [5.41, 5.74) is 14.1. The number of β-amino-alcohol motifs (C(OH)–C–C–N with tert-alkyl or cyclic N) is 2. The third-order valence-corrected chi connectivity index (χ3v) is 13.1. The molecule has 4 aliphatic heterocycles. The van der Waals surface area contributed by atoms with Crippen LogP contribution in [0.1, 0.15) is 87.5 Å². The second kappa shape index (κ2) is 13.6. The number of pyridine rings is 3. The maximum Gasteiger partial charge on any atom is 0.253 e. The van der Waals surface area contributed by atoms with Gasteiger partial charge in [0, 0.05) is 103 Å². The van der Waals surface area contributed by atoms with E-state index >= 15 is 0 Å². The van der Waals surface area contributed by atoms with Crippen molar-refractivity contribution in [3.63, 3.8) is 0 Å². The molecule has 2 spiro atoms. The van der Waals surface area contributed by atoms with Crippen molar-refractivity contribution < 1.29 is 24.2 Å². The van der Waals surface area contributed by atoms with Crippen molar-refractivity contribution in [1.82, 2.24) is 40.9 Å². The van der Waals surface area contributed by atoms with Crippen molar-refractivity contribution in [3.8, 4) is 33.8 Å². The van der Waals surface area contributed by atoms with Gasteiger partial charge in [-0.25, -0.2) is 9.97 Å². The number of carbonyl (C=O) groups excluding carboxylic acids is 2. The Morgan fingerprint density at radius 2 is 1.26 bits per heavy atom. The van der Waals surface area contributed by atoms with Crippen molar-refractivity contribution in [3.05, 3.63) is 93.6 Å². The van der Waals surface area contributed by atoms with Gasteiger partial charge < -0.3 is 41.0 Å². The second-order valence-electron chi connectivity index (χ2n) is 17.2. The number of nitrogens with one attached hydrogen (secondary N) is 5. The lowest BCUT2D eigenvalue weighted by Crippen LogP contribution is -2.51. The van der Waals surface area contributed by atoms with Crippen LogP contribution in [-0.2, 0) is 38.5 Å². The summed E-state index contributed by atoms with van der Waals surface area (Å²) < 4.78 is 13.5. The van der Waals surface area contributed by atoms with Gasteiger partial charge in [0.1, 0.15) is 5.82 Å². The van der Waals surface area contributed by atoms with E-state index in [0.717, 1.165) is 156 Å². The van der Waals surface area contributed by atoms with Gasteiger partial charge in [0.2, 0.25) is 5.95 Å². The summed E-state index contributed by atoms with van der Waals surface area (Å²) in [7, 11) is 0. The minimum atomic E-state index is -0.475. The van der Waals surface area contributed by atoms with Crippen molar-refractivity contribution in [1.29, 1.82) is 0 Å². The van der Waals surface area contributed by atoms with Crippen LogP contribution >= 0.6 is 0 Å². The van der Waals surface area contributed by atoms with Crippen molar-refractivity contribution >= 4 is 17.6 Å². The highest BCUT2D eigenvalue weighted by molar-refractivity contribution is 6.02. The molecule has 0 aromatic carbocycles. The molecule has 58 heavy (non-hydrogen) atoms. The van der Waals surface area contributed by atoms with E-state index in [-0.39, 0.29) is 42.5 Å². The molecule has 5 aromatic heterocycles. The lowest BCUT2D eigenvalue weighted by molar-refractivity contribution is 0.0908. The van der Waals surface area contributed by atoms with Crippen LogP contribution in [-0.4, -0.2) is 96.4 Å². The van der Waals surface area contributed by atoms with Gasteiger partial charge in [0.05, 0.1) is 40.4 Å². The molecule has 8 aliphatic rings. The van der Waals surface area contributed by atoms with E-state index < -0.39 is 5.95 Å². The minimum absolute atomic E-state index is 0. The van der Waals surface area contributed by atoms with Gasteiger partial charge in [-0.2, -0.15) is 4.39 Å². The Kier molecular flexibility index (Phi) is 8.63. The van der Waals surface area contributed by atoms with E-state index in [0.29, 0.717) is 13.1 Å². The molecule has 0 atom stereocenters. The van der Waals surface area contributed by atoms with Crippen molar-refractivity contribution in [2.45, 2.75) is 94.9 Å². The average Bonchev–Trinajstić information content (AvgIpc) is 4.03. The van der Waals surface area contributed by atoms with Crippen LogP contribution in [0.3, 0.4) is 0 Å². The van der Waals surface area contributed by atoms with Crippen LogP contribution in [0.5, 0.6) is 0 Å². The highest BCUT2D eigenvalue weighted by Gasteiger charge is 2.50. The molecular weight excluding hydrogens is 738 g/mol. The second-order valence-corrected chi connectivity index (χ2v) is 17.2. The van der Waals surface area contributed by atoms with Crippen LogP contribution < -0.4 is 20.9 Å². The number of hydrogen-bond donors (Lipinski definition) is 7. The third-order valence-electron chi connectivity index (χ3n) is 13.1. The van der Waals surface area contributed by atoms with Crippen molar-refractivity contribution in [2.75, 3.05) is 31.1 Å². The first-order valence-corrected chi connectivity index (χ1v) is 20.2. The Hall–Kier alpha value is -5.44. The molecule has 13 nitrogen and oxygen atoms in total. The molecule has 2 saturated heterocycles. The number of halogens is 1. The highest BCUT2D eigenvalue weighted by Crippen LogP contribution is 2.47. The van der Waals surface area contributed by atoms with Gasteiger partial charge in [0.15, 0.2) is 0 Å². The van der Waals surface area contributed by atoms with Crippen LogP contribution in [0, 0.1) is 5.95 Å². The molecule has 13 rings (SSSR count). The van der Waals surface area contributed by atoms with Gasteiger partial charge in [0.25, 0.3) is 11.8 Å². The molecule has 5 aromatic rings. The Labute approximate surface area is 335 Å². The zero-order valence-electron chi connectivity index (χ0n) is 31.5. The van der Waals surface area contributed by atoms with E-state index in [1.54, 1.807) is 6.20 Å². The number of amides is 2. The third kappa shape index (κ3) is 6.29. The van der Waals surface area contributed by atoms with Crippen LogP contribution in [0.2, 0.25) is 0 Å². The molecule has 300 valence electrons. The number of hydrogen-bond acceptors (Lipinski definition) is 9. The Balaban J connectivity index is 0.000000130. The number of rotatable bonds is 2. The van der Waals surface area contributed by atoms with E-state index in [4.69, 9.17) is 10.1 Å². The van der Waals surface area contributed by atoms with E-state index in [2.05, 4.69) is 46.9 Å². The molecule has 4 aliphatic carbocycles.